The Hall–Kier alpha value is -0.830. The van der Waals surface area contributed by atoms with E-state index in [-0.39, 0.29) is 0 Å². The van der Waals surface area contributed by atoms with Gasteiger partial charge < -0.3 is 4.90 Å². The van der Waals surface area contributed by atoms with Gasteiger partial charge in [0.1, 0.15) is 4.83 Å². The average molecular weight is 420 g/mol. The highest BCUT2D eigenvalue weighted by Crippen LogP contribution is 2.40. The predicted molar refractivity (Wildman–Crippen MR) is 116 cm³/mol. The molecule has 1 aliphatic carbocycles. The lowest BCUT2D eigenvalue weighted by Crippen LogP contribution is -2.21. The van der Waals surface area contributed by atoms with E-state index in [0.717, 1.165) is 45.4 Å². The van der Waals surface area contributed by atoms with Crippen molar-refractivity contribution in [3.8, 4) is 0 Å². The summed E-state index contributed by atoms with van der Waals surface area (Å²) in [6.45, 7) is 5.99. The molecule has 1 unspecified atom stereocenters. The van der Waals surface area contributed by atoms with Crippen LogP contribution in [-0.4, -0.2) is 56.1 Å². The van der Waals surface area contributed by atoms with Crippen molar-refractivity contribution in [2.24, 2.45) is 5.92 Å². The number of fused-ring (bicyclic) bond motifs is 5. The predicted octanol–water partition coefficient (Wildman–Crippen LogP) is 4.37. The van der Waals surface area contributed by atoms with E-state index in [4.69, 9.17) is 4.98 Å². The van der Waals surface area contributed by atoms with Crippen LogP contribution in [-0.2, 0) is 12.8 Å². The molecule has 0 N–H and O–H groups in total. The molecule has 5 nitrogen and oxygen atoms in total. The normalized spacial score (nSPS) is 20.7. The topological polar surface area (TPSA) is 46.3 Å². The molecule has 27 heavy (non-hydrogen) atoms. The number of hydrogen-bond donors (Lipinski definition) is 0. The van der Waals surface area contributed by atoms with Crippen molar-refractivity contribution in [3.63, 3.8) is 0 Å². The monoisotopic (exact) mass is 419 g/mol. The first kappa shape index (κ1) is 18.2. The van der Waals surface area contributed by atoms with Gasteiger partial charge in [-0.05, 0) is 62.9 Å². The number of aryl methyl sites for hydroxylation is 1. The van der Waals surface area contributed by atoms with E-state index in [1.807, 2.05) is 23.1 Å². The lowest BCUT2D eigenvalue weighted by Gasteiger charge is -2.17. The first-order valence-electron chi connectivity index (χ1n) is 9.83. The summed E-state index contributed by atoms with van der Waals surface area (Å²) >= 11 is 5.38. The molecule has 5 rings (SSSR count). The molecule has 8 heteroatoms. The van der Waals surface area contributed by atoms with Crippen LogP contribution in [0.3, 0.4) is 0 Å². The Morgan fingerprint density at radius 1 is 1.19 bits per heavy atom. The number of nitrogens with zero attached hydrogens (tertiary/aromatic N) is 5. The molecule has 144 valence electrons. The summed E-state index contributed by atoms with van der Waals surface area (Å²) in [5.41, 5.74) is 2.50. The fraction of sp³-hybridized carbons (Fsp3) is 0.632. The van der Waals surface area contributed by atoms with E-state index in [1.165, 1.54) is 54.6 Å². The van der Waals surface area contributed by atoms with Gasteiger partial charge in [0.25, 0.3) is 0 Å². The number of aromatic nitrogens is 4. The van der Waals surface area contributed by atoms with E-state index in [2.05, 4.69) is 32.7 Å². The molecule has 0 bridgehead atoms. The largest absolute Gasteiger partial charge is 0.303 e. The van der Waals surface area contributed by atoms with Crippen molar-refractivity contribution in [1.29, 1.82) is 0 Å². The third kappa shape index (κ3) is 3.28. The molecule has 1 fully saturated rings. The van der Waals surface area contributed by atoms with Crippen LogP contribution in [0.4, 0.5) is 0 Å². The van der Waals surface area contributed by atoms with Gasteiger partial charge in [0, 0.05) is 17.2 Å². The SMILES string of the molecule is CSc1nc2sc3c(c2c2nnc(SCCN4CCCC4)n12)CCC(C)C3. The second kappa shape index (κ2) is 7.54. The third-order valence-corrected chi connectivity index (χ3v) is 8.45. The van der Waals surface area contributed by atoms with Gasteiger partial charge in [-0.3, -0.25) is 0 Å². The van der Waals surface area contributed by atoms with Crippen molar-refractivity contribution in [2.75, 3.05) is 31.6 Å². The number of thioether (sulfide) groups is 2. The Bertz CT molecular complexity index is 973. The fourth-order valence-electron chi connectivity index (χ4n) is 4.29. The van der Waals surface area contributed by atoms with E-state index in [0.29, 0.717) is 0 Å². The summed E-state index contributed by atoms with van der Waals surface area (Å²) in [7, 11) is 0. The summed E-state index contributed by atoms with van der Waals surface area (Å²) in [5.74, 6) is 1.84. The quantitative estimate of drug-likeness (QED) is 0.452. The van der Waals surface area contributed by atoms with Crippen LogP contribution in [0, 0.1) is 5.92 Å². The number of thiophene rings is 1. The Morgan fingerprint density at radius 2 is 2.04 bits per heavy atom. The molecule has 1 saturated heterocycles. The number of hydrogen-bond acceptors (Lipinski definition) is 7. The zero-order chi connectivity index (χ0) is 18.4. The molecular weight excluding hydrogens is 394 g/mol. The van der Waals surface area contributed by atoms with Crippen molar-refractivity contribution < 1.29 is 0 Å². The smallest absolute Gasteiger partial charge is 0.197 e. The molecule has 1 atom stereocenters. The summed E-state index contributed by atoms with van der Waals surface area (Å²) in [6, 6.07) is 0. The van der Waals surface area contributed by atoms with Gasteiger partial charge in [-0.25, -0.2) is 9.38 Å². The Labute approximate surface area is 172 Å². The molecule has 0 aromatic carbocycles. The summed E-state index contributed by atoms with van der Waals surface area (Å²) in [4.78, 5) is 10.2. The maximum atomic E-state index is 5.01. The lowest BCUT2D eigenvalue weighted by atomic mass is 9.89. The van der Waals surface area contributed by atoms with Crippen molar-refractivity contribution in [3.05, 3.63) is 10.4 Å². The molecular formula is C19H25N5S3. The molecule has 4 heterocycles. The van der Waals surface area contributed by atoms with Gasteiger partial charge in [0.05, 0.1) is 5.39 Å². The van der Waals surface area contributed by atoms with E-state index in [1.54, 1.807) is 11.8 Å². The zero-order valence-corrected chi connectivity index (χ0v) is 18.4. The highest BCUT2D eigenvalue weighted by atomic mass is 32.2. The van der Waals surface area contributed by atoms with Gasteiger partial charge >= 0.3 is 0 Å². The molecule has 0 spiro atoms. The zero-order valence-electron chi connectivity index (χ0n) is 15.9. The van der Waals surface area contributed by atoms with E-state index < -0.39 is 0 Å². The van der Waals surface area contributed by atoms with E-state index >= 15 is 0 Å². The first-order chi connectivity index (χ1) is 13.2. The second-order valence-electron chi connectivity index (χ2n) is 7.67. The van der Waals surface area contributed by atoms with Gasteiger partial charge in [0.2, 0.25) is 0 Å². The average Bonchev–Trinajstić information content (AvgIpc) is 3.38. The number of rotatable bonds is 5. The molecule has 0 radical (unpaired) electrons. The molecule has 0 saturated carbocycles. The van der Waals surface area contributed by atoms with Crippen molar-refractivity contribution >= 4 is 50.7 Å². The number of likely N-dealkylation sites (tertiary alicyclic amines) is 1. The van der Waals surface area contributed by atoms with Gasteiger partial charge in [-0.15, -0.1) is 21.5 Å². The van der Waals surface area contributed by atoms with Gasteiger partial charge in [-0.1, -0.05) is 30.4 Å². The minimum atomic E-state index is 0.774. The first-order valence-corrected chi connectivity index (χ1v) is 12.9. The van der Waals surface area contributed by atoms with Crippen LogP contribution in [0.15, 0.2) is 10.3 Å². The van der Waals surface area contributed by atoms with Crippen molar-refractivity contribution in [2.45, 2.75) is 49.3 Å². The molecule has 1 aliphatic heterocycles. The van der Waals surface area contributed by atoms with Gasteiger partial charge in [0.15, 0.2) is 16.0 Å². The van der Waals surface area contributed by atoms with Crippen LogP contribution in [0.2, 0.25) is 0 Å². The van der Waals surface area contributed by atoms with Crippen LogP contribution in [0.25, 0.3) is 15.9 Å². The van der Waals surface area contributed by atoms with Gasteiger partial charge in [-0.2, -0.15) is 0 Å². The minimum absolute atomic E-state index is 0.774. The highest BCUT2D eigenvalue weighted by molar-refractivity contribution is 7.99. The molecule has 0 amide bonds. The molecule has 3 aromatic rings. The Morgan fingerprint density at radius 3 is 2.85 bits per heavy atom. The Kier molecular flexibility index (Phi) is 5.08. The fourth-order valence-corrected chi connectivity index (χ4v) is 7.25. The maximum Gasteiger partial charge on any atom is 0.197 e. The second-order valence-corrected chi connectivity index (χ2v) is 10.6. The highest BCUT2D eigenvalue weighted by Gasteiger charge is 2.25. The standard InChI is InChI=1S/C19H25N5S3/c1-12-5-6-13-14(11-12)27-17-15(13)16-21-22-19(24(16)18(20-17)25-2)26-10-9-23-7-3-4-8-23/h12H,3-11H2,1-2H3. The summed E-state index contributed by atoms with van der Waals surface area (Å²) < 4.78 is 2.20. The molecule has 2 aliphatic rings. The van der Waals surface area contributed by atoms with Crippen LogP contribution < -0.4 is 0 Å². The van der Waals surface area contributed by atoms with Crippen molar-refractivity contribution in [1.82, 2.24) is 24.5 Å². The van der Waals surface area contributed by atoms with Crippen LogP contribution in [0.1, 0.15) is 36.6 Å². The van der Waals surface area contributed by atoms with Crippen LogP contribution in [0.5, 0.6) is 0 Å². The minimum Gasteiger partial charge on any atom is -0.303 e. The summed E-state index contributed by atoms with van der Waals surface area (Å²) in [6.07, 6.45) is 8.39. The lowest BCUT2D eigenvalue weighted by molar-refractivity contribution is 0.362. The summed E-state index contributed by atoms with van der Waals surface area (Å²) in [5, 5.41) is 12.5. The molecule has 3 aromatic heterocycles. The third-order valence-electron chi connectivity index (χ3n) is 5.76. The Balaban J connectivity index is 1.52. The maximum absolute atomic E-state index is 5.01. The van der Waals surface area contributed by atoms with Crippen LogP contribution >= 0.6 is 34.9 Å². The van der Waals surface area contributed by atoms with E-state index in [9.17, 15) is 0 Å².